The van der Waals surface area contributed by atoms with Crippen LogP contribution in [0, 0.1) is 10.1 Å². The molecule has 1 aromatic carbocycles. The Hall–Kier alpha value is -3.24. The van der Waals surface area contributed by atoms with Crippen LogP contribution in [-0.2, 0) is 16.1 Å². The predicted octanol–water partition coefficient (Wildman–Crippen LogP) is 2.00. The Morgan fingerprint density at radius 3 is 2.88 bits per heavy atom. The largest absolute Gasteiger partial charge is 0.467 e. The van der Waals surface area contributed by atoms with Gasteiger partial charge < -0.3 is 9.47 Å². The summed E-state index contributed by atoms with van der Waals surface area (Å²) in [7, 11) is 0. The van der Waals surface area contributed by atoms with E-state index in [1.807, 2.05) is 0 Å². The lowest BCUT2D eigenvalue weighted by Gasteiger charge is -2.19. The molecule has 2 aromatic rings. The van der Waals surface area contributed by atoms with E-state index in [9.17, 15) is 19.7 Å². The molecule has 2 heterocycles. The van der Waals surface area contributed by atoms with Crippen molar-refractivity contribution >= 4 is 34.9 Å². The minimum atomic E-state index is -0.595. The molecule has 0 aliphatic carbocycles. The first-order valence-electron chi connectivity index (χ1n) is 7.38. The number of nitrogens with one attached hydrogen (secondary N) is 2. The number of benzene rings is 1. The van der Waals surface area contributed by atoms with Gasteiger partial charge in [-0.25, -0.2) is 0 Å². The van der Waals surface area contributed by atoms with E-state index in [0.29, 0.717) is 21.8 Å². The van der Waals surface area contributed by atoms with E-state index in [2.05, 4.69) is 10.9 Å². The molecule has 0 atom stereocenters. The fourth-order valence-corrected chi connectivity index (χ4v) is 2.87. The molecule has 1 aromatic heterocycles. The molecule has 3 rings (SSSR count). The number of amides is 2. The van der Waals surface area contributed by atoms with Gasteiger partial charge in [-0.15, -0.1) is 11.3 Å². The Balaban J connectivity index is 1.71. The van der Waals surface area contributed by atoms with Crippen molar-refractivity contribution in [2.24, 2.45) is 0 Å². The molecule has 1 aliphatic rings. The van der Waals surface area contributed by atoms with E-state index in [4.69, 9.17) is 9.47 Å². The van der Waals surface area contributed by atoms with Crippen LogP contribution in [0.15, 0.2) is 35.7 Å². The molecule has 0 spiro atoms. The summed E-state index contributed by atoms with van der Waals surface area (Å²) in [4.78, 5) is 34.6. The van der Waals surface area contributed by atoms with Gasteiger partial charge in [0.05, 0.1) is 16.4 Å². The molecule has 9 nitrogen and oxygen atoms in total. The van der Waals surface area contributed by atoms with E-state index in [1.165, 1.54) is 29.5 Å². The third-order valence-electron chi connectivity index (χ3n) is 3.39. The maximum atomic E-state index is 11.9. The number of carbonyl (C=O) groups is 2. The van der Waals surface area contributed by atoms with Crippen LogP contribution in [0.4, 0.5) is 5.69 Å². The van der Waals surface area contributed by atoms with Crippen LogP contribution in [0.1, 0.15) is 20.8 Å². The molecule has 2 amide bonds. The first kappa shape index (κ1) is 17.6. The number of ether oxygens (including phenoxy) is 2. The normalized spacial score (nSPS) is 12.9. The number of hydrazine groups is 1. The fourth-order valence-electron chi connectivity index (χ4n) is 2.26. The highest BCUT2D eigenvalue weighted by atomic mass is 32.1. The number of nitro groups is 1. The van der Waals surface area contributed by atoms with E-state index in [1.54, 1.807) is 17.5 Å². The van der Waals surface area contributed by atoms with Gasteiger partial charge in [-0.1, -0.05) is 6.07 Å². The number of hydrogen-bond acceptors (Lipinski definition) is 7. The third kappa shape index (κ3) is 4.05. The molecule has 1 aliphatic heterocycles. The molecule has 0 bridgehead atoms. The molecule has 2 N–H and O–H groups in total. The van der Waals surface area contributed by atoms with Crippen LogP contribution in [0.3, 0.4) is 0 Å². The van der Waals surface area contributed by atoms with Crippen molar-refractivity contribution in [3.8, 4) is 5.75 Å². The summed E-state index contributed by atoms with van der Waals surface area (Å²) < 4.78 is 10.5. The van der Waals surface area contributed by atoms with Crippen LogP contribution >= 0.6 is 11.3 Å². The highest BCUT2D eigenvalue weighted by molar-refractivity contribution is 7.12. The maximum absolute atomic E-state index is 11.9. The first-order chi connectivity index (χ1) is 12.5. The third-order valence-corrected chi connectivity index (χ3v) is 4.26. The van der Waals surface area contributed by atoms with Crippen LogP contribution in [-0.4, -0.2) is 23.5 Å². The number of thiophene rings is 1. The Kier molecular flexibility index (Phi) is 5.25. The van der Waals surface area contributed by atoms with Gasteiger partial charge in [-0.05, 0) is 17.5 Å². The van der Waals surface area contributed by atoms with Crippen LogP contribution in [0.5, 0.6) is 5.75 Å². The van der Waals surface area contributed by atoms with Gasteiger partial charge in [0.25, 0.3) is 17.5 Å². The van der Waals surface area contributed by atoms with Crippen LogP contribution in [0.2, 0.25) is 0 Å². The van der Waals surface area contributed by atoms with Crippen molar-refractivity contribution < 1.29 is 24.0 Å². The molecular formula is C16H13N3O6S. The van der Waals surface area contributed by atoms with Gasteiger partial charge in [0, 0.05) is 29.3 Å². The minimum Gasteiger partial charge on any atom is -0.467 e. The summed E-state index contributed by atoms with van der Waals surface area (Å²) in [5.41, 5.74) is 5.28. The van der Waals surface area contributed by atoms with Gasteiger partial charge in [-0.2, -0.15) is 0 Å². The molecule has 0 radical (unpaired) electrons. The lowest BCUT2D eigenvalue weighted by molar-refractivity contribution is -0.385. The maximum Gasteiger partial charge on any atom is 0.279 e. The molecular weight excluding hydrogens is 362 g/mol. The van der Waals surface area contributed by atoms with Gasteiger partial charge >= 0.3 is 0 Å². The summed E-state index contributed by atoms with van der Waals surface area (Å²) >= 11 is 1.24. The fraction of sp³-hybridized carbons (Fsp3) is 0.125. The van der Waals surface area contributed by atoms with Crippen molar-refractivity contribution in [2.45, 2.75) is 6.61 Å². The van der Waals surface area contributed by atoms with E-state index in [-0.39, 0.29) is 19.1 Å². The number of carbonyl (C=O) groups excluding carboxylic acids is 2. The number of hydrogen-bond donors (Lipinski definition) is 2. The average molecular weight is 375 g/mol. The topological polar surface area (TPSA) is 120 Å². The molecule has 26 heavy (non-hydrogen) atoms. The summed E-state index contributed by atoms with van der Waals surface area (Å²) in [6.45, 7) is 0.204. The van der Waals surface area contributed by atoms with Crippen molar-refractivity contribution in [3.63, 3.8) is 0 Å². The second-order valence-corrected chi connectivity index (χ2v) is 6.09. The Morgan fingerprint density at radius 1 is 1.31 bits per heavy atom. The Morgan fingerprint density at radius 2 is 2.15 bits per heavy atom. The lowest BCUT2D eigenvalue weighted by atomic mass is 10.1. The number of nitro benzene ring substituents is 1. The second-order valence-electron chi connectivity index (χ2n) is 5.15. The molecule has 0 unspecified atom stereocenters. The Bertz CT molecular complexity index is 878. The summed E-state index contributed by atoms with van der Waals surface area (Å²) in [5.74, 6) is -0.606. The van der Waals surface area contributed by atoms with Gasteiger partial charge in [0.15, 0.2) is 6.79 Å². The highest BCUT2D eigenvalue weighted by Gasteiger charge is 2.19. The zero-order chi connectivity index (χ0) is 18.5. The average Bonchev–Trinajstić information content (AvgIpc) is 3.18. The highest BCUT2D eigenvalue weighted by Crippen LogP contribution is 2.33. The number of fused-ring (bicyclic) bond motifs is 1. The first-order valence-corrected chi connectivity index (χ1v) is 8.26. The van der Waals surface area contributed by atoms with Crippen molar-refractivity contribution in [1.29, 1.82) is 0 Å². The smallest absolute Gasteiger partial charge is 0.279 e. The number of rotatable bonds is 4. The van der Waals surface area contributed by atoms with Crippen LogP contribution in [0.25, 0.3) is 6.08 Å². The monoisotopic (exact) mass is 375 g/mol. The summed E-state index contributed by atoms with van der Waals surface area (Å²) in [6, 6.07) is 6.01. The van der Waals surface area contributed by atoms with Gasteiger partial charge in [0.2, 0.25) is 0 Å². The zero-order valence-electron chi connectivity index (χ0n) is 13.3. The van der Waals surface area contributed by atoms with Crippen LogP contribution < -0.4 is 15.6 Å². The quantitative estimate of drug-likeness (QED) is 0.479. The van der Waals surface area contributed by atoms with Gasteiger partial charge in [-0.3, -0.25) is 30.6 Å². The van der Waals surface area contributed by atoms with E-state index < -0.39 is 16.7 Å². The predicted molar refractivity (Wildman–Crippen MR) is 92.3 cm³/mol. The number of non-ortho nitro benzene ring substituents is 1. The zero-order valence-corrected chi connectivity index (χ0v) is 14.1. The van der Waals surface area contributed by atoms with E-state index in [0.717, 1.165) is 6.08 Å². The van der Waals surface area contributed by atoms with Crippen molar-refractivity contribution in [2.75, 3.05) is 6.79 Å². The molecule has 0 saturated heterocycles. The van der Waals surface area contributed by atoms with Crippen molar-refractivity contribution in [1.82, 2.24) is 10.9 Å². The minimum absolute atomic E-state index is 0.0225. The van der Waals surface area contributed by atoms with Gasteiger partial charge in [0.1, 0.15) is 5.75 Å². The molecule has 0 fully saturated rings. The lowest BCUT2D eigenvalue weighted by Crippen LogP contribution is -2.40. The SMILES string of the molecule is O=C(/C=C/c1cc([N+](=O)[O-])cc2c1OCOC2)NNC(=O)c1cccs1. The molecule has 10 heteroatoms. The van der Waals surface area contributed by atoms with Crippen molar-refractivity contribution in [3.05, 3.63) is 61.8 Å². The number of nitrogens with zero attached hydrogens (tertiary/aromatic N) is 1. The Labute approximate surface area is 151 Å². The standard InChI is InChI=1S/C16H13N3O6S/c20-14(17-18-16(21)13-2-1-5-26-13)4-3-10-6-12(19(22)23)7-11-8-24-9-25-15(10)11/h1-7H,8-9H2,(H,17,20)(H,18,21)/b4-3+. The molecule has 0 saturated carbocycles. The second kappa shape index (κ2) is 7.76. The molecule has 134 valence electrons. The summed E-state index contributed by atoms with van der Waals surface area (Å²) in [5, 5.41) is 12.8. The van der Waals surface area contributed by atoms with E-state index >= 15 is 0 Å². The summed E-state index contributed by atoms with van der Waals surface area (Å²) in [6.07, 6.45) is 2.52.